The number of halogens is 1. The van der Waals surface area contributed by atoms with Crippen molar-refractivity contribution in [2.24, 2.45) is 0 Å². The molecule has 2 rings (SSSR count). The fraction of sp³-hybridized carbons (Fsp3) is 0.143. The van der Waals surface area contributed by atoms with Crippen LogP contribution in [0, 0.1) is 0 Å². The summed E-state index contributed by atoms with van der Waals surface area (Å²) in [7, 11) is 0. The number of benzene rings is 2. The Labute approximate surface area is 106 Å². The van der Waals surface area contributed by atoms with Crippen LogP contribution in [0.3, 0.4) is 0 Å². The maximum atomic E-state index is 9.41. The highest BCUT2D eigenvalue weighted by atomic mass is 35.5. The molecule has 0 fully saturated rings. The van der Waals surface area contributed by atoms with Crippen LogP contribution < -0.4 is 5.32 Å². The summed E-state index contributed by atoms with van der Waals surface area (Å²) in [6.07, 6.45) is 0. The maximum absolute atomic E-state index is 9.41. The summed E-state index contributed by atoms with van der Waals surface area (Å²) in [5.41, 5.74) is 2.00. The molecule has 17 heavy (non-hydrogen) atoms. The van der Waals surface area contributed by atoms with Crippen molar-refractivity contribution in [2.45, 2.75) is 6.04 Å². The molecule has 2 N–H and O–H groups in total. The van der Waals surface area contributed by atoms with Crippen LogP contribution >= 0.6 is 11.6 Å². The zero-order valence-corrected chi connectivity index (χ0v) is 10.1. The Morgan fingerprint density at radius 3 is 2.24 bits per heavy atom. The van der Waals surface area contributed by atoms with E-state index in [4.69, 9.17) is 11.6 Å². The van der Waals surface area contributed by atoms with Gasteiger partial charge in [-0.05, 0) is 29.8 Å². The molecule has 1 atom stereocenters. The van der Waals surface area contributed by atoms with E-state index in [0.717, 1.165) is 11.3 Å². The molecule has 0 aromatic heterocycles. The van der Waals surface area contributed by atoms with Crippen molar-refractivity contribution in [3.63, 3.8) is 0 Å². The largest absolute Gasteiger partial charge is 0.394 e. The Bertz CT molecular complexity index is 455. The van der Waals surface area contributed by atoms with E-state index in [-0.39, 0.29) is 12.6 Å². The highest BCUT2D eigenvalue weighted by Gasteiger charge is 2.09. The first-order chi connectivity index (χ1) is 8.29. The highest BCUT2D eigenvalue weighted by molar-refractivity contribution is 6.30. The van der Waals surface area contributed by atoms with Crippen LogP contribution in [0.15, 0.2) is 54.6 Å². The van der Waals surface area contributed by atoms with E-state index < -0.39 is 0 Å². The van der Waals surface area contributed by atoms with Crippen molar-refractivity contribution >= 4 is 17.3 Å². The van der Waals surface area contributed by atoms with Crippen LogP contribution in [-0.4, -0.2) is 11.7 Å². The highest BCUT2D eigenvalue weighted by Crippen LogP contribution is 2.20. The average Bonchev–Trinajstić information content (AvgIpc) is 2.38. The first-order valence-electron chi connectivity index (χ1n) is 5.47. The molecule has 3 heteroatoms. The lowest BCUT2D eigenvalue weighted by Gasteiger charge is -2.18. The summed E-state index contributed by atoms with van der Waals surface area (Å²) in [6, 6.07) is 17.2. The normalized spacial score (nSPS) is 12.1. The van der Waals surface area contributed by atoms with Crippen molar-refractivity contribution in [1.82, 2.24) is 0 Å². The summed E-state index contributed by atoms with van der Waals surface area (Å²) in [5.74, 6) is 0. The molecule has 0 aliphatic heterocycles. The van der Waals surface area contributed by atoms with Gasteiger partial charge >= 0.3 is 0 Å². The fourth-order valence-corrected chi connectivity index (χ4v) is 1.79. The summed E-state index contributed by atoms with van der Waals surface area (Å²) >= 11 is 5.84. The quantitative estimate of drug-likeness (QED) is 0.867. The first-order valence-corrected chi connectivity index (χ1v) is 5.85. The van der Waals surface area contributed by atoms with Crippen LogP contribution in [0.2, 0.25) is 5.02 Å². The monoisotopic (exact) mass is 247 g/mol. The van der Waals surface area contributed by atoms with Gasteiger partial charge in [-0.3, -0.25) is 0 Å². The first kappa shape index (κ1) is 12.0. The van der Waals surface area contributed by atoms with Gasteiger partial charge in [0.15, 0.2) is 0 Å². The molecule has 2 aromatic carbocycles. The summed E-state index contributed by atoms with van der Waals surface area (Å²) in [5, 5.41) is 13.4. The Balaban J connectivity index is 2.14. The molecule has 0 bridgehead atoms. The van der Waals surface area contributed by atoms with Gasteiger partial charge in [0.25, 0.3) is 0 Å². The van der Waals surface area contributed by atoms with E-state index in [1.807, 2.05) is 54.6 Å². The lowest BCUT2D eigenvalue weighted by atomic mass is 10.1. The van der Waals surface area contributed by atoms with E-state index in [0.29, 0.717) is 5.02 Å². The molecule has 2 nitrogen and oxygen atoms in total. The molecule has 1 unspecified atom stereocenters. The molecule has 0 aliphatic carbocycles. The van der Waals surface area contributed by atoms with E-state index in [9.17, 15) is 5.11 Å². The van der Waals surface area contributed by atoms with Crippen molar-refractivity contribution in [3.05, 3.63) is 65.2 Å². The lowest BCUT2D eigenvalue weighted by molar-refractivity contribution is 0.276. The zero-order valence-electron chi connectivity index (χ0n) is 9.31. The summed E-state index contributed by atoms with van der Waals surface area (Å²) in [6.45, 7) is 0.0382. The van der Waals surface area contributed by atoms with Crippen molar-refractivity contribution in [3.8, 4) is 0 Å². The van der Waals surface area contributed by atoms with Crippen LogP contribution in [0.5, 0.6) is 0 Å². The Kier molecular flexibility index (Phi) is 4.02. The molecule has 88 valence electrons. The standard InChI is InChI=1S/C14H14ClNO/c15-12-8-6-11(7-9-12)14(10-17)16-13-4-2-1-3-5-13/h1-9,14,16-17H,10H2. The van der Waals surface area contributed by atoms with Gasteiger partial charge < -0.3 is 10.4 Å². The number of aliphatic hydroxyl groups excluding tert-OH is 1. The van der Waals surface area contributed by atoms with E-state index >= 15 is 0 Å². The minimum Gasteiger partial charge on any atom is -0.394 e. The Morgan fingerprint density at radius 2 is 1.65 bits per heavy atom. The van der Waals surface area contributed by atoms with Crippen molar-refractivity contribution in [2.75, 3.05) is 11.9 Å². The molecule has 0 radical (unpaired) electrons. The van der Waals surface area contributed by atoms with Crippen molar-refractivity contribution in [1.29, 1.82) is 0 Å². The van der Waals surface area contributed by atoms with E-state index in [1.165, 1.54) is 0 Å². The molecule has 0 aliphatic rings. The van der Waals surface area contributed by atoms with Gasteiger partial charge in [-0.15, -0.1) is 0 Å². The van der Waals surface area contributed by atoms with E-state index in [1.54, 1.807) is 0 Å². The van der Waals surface area contributed by atoms with Crippen molar-refractivity contribution < 1.29 is 5.11 Å². The van der Waals surface area contributed by atoms with Crippen LogP contribution in [0.4, 0.5) is 5.69 Å². The second kappa shape index (κ2) is 5.71. The lowest BCUT2D eigenvalue weighted by Crippen LogP contribution is -2.14. The zero-order chi connectivity index (χ0) is 12.1. The summed E-state index contributed by atoms with van der Waals surface area (Å²) < 4.78 is 0. The van der Waals surface area contributed by atoms with Gasteiger partial charge in [0.05, 0.1) is 12.6 Å². The third kappa shape index (κ3) is 3.22. The SMILES string of the molecule is OCC(Nc1ccccc1)c1ccc(Cl)cc1. The molecule has 0 saturated carbocycles. The number of aliphatic hydroxyl groups is 1. The Morgan fingerprint density at radius 1 is 1.00 bits per heavy atom. The molecular formula is C14H14ClNO. The summed E-state index contributed by atoms with van der Waals surface area (Å²) in [4.78, 5) is 0. The number of hydrogen-bond donors (Lipinski definition) is 2. The second-order valence-electron chi connectivity index (χ2n) is 3.80. The van der Waals surface area contributed by atoms with Gasteiger partial charge in [0.1, 0.15) is 0 Å². The number of rotatable bonds is 4. The number of anilines is 1. The third-order valence-corrected chi connectivity index (χ3v) is 2.82. The average molecular weight is 248 g/mol. The van der Waals surface area contributed by atoms with Gasteiger partial charge in [0.2, 0.25) is 0 Å². The smallest absolute Gasteiger partial charge is 0.0745 e. The van der Waals surface area contributed by atoms with Crippen LogP contribution in [0.1, 0.15) is 11.6 Å². The third-order valence-electron chi connectivity index (χ3n) is 2.57. The molecular weight excluding hydrogens is 234 g/mol. The van der Waals surface area contributed by atoms with Gasteiger partial charge in [-0.1, -0.05) is 41.9 Å². The van der Waals surface area contributed by atoms with Crippen LogP contribution in [-0.2, 0) is 0 Å². The number of hydrogen-bond acceptors (Lipinski definition) is 2. The van der Waals surface area contributed by atoms with E-state index in [2.05, 4.69) is 5.32 Å². The second-order valence-corrected chi connectivity index (χ2v) is 4.23. The van der Waals surface area contributed by atoms with Crippen LogP contribution in [0.25, 0.3) is 0 Å². The fourth-order valence-electron chi connectivity index (χ4n) is 1.67. The molecule has 0 spiro atoms. The van der Waals surface area contributed by atoms with Gasteiger partial charge in [0, 0.05) is 10.7 Å². The predicted molar refractivity (Wildman–Crippen MR) is 71.3 cm³/mol. The number of para-hydroxylation sites is 1. The molecule has 0 saturated heterocycles. The molecule has 0 heterocycles. The minimum absolute atomic E-state index is 0.0382. The Hall–Kier alpha value is -1.51. The number of nitrogens with one attached hydrogen (secondary N) is 1. The van der Waals surface area contributed by atoms with Gasteiger partial charge in [-0.2, -0.15) is 0 Å². The molecule has 0 amide bonds. The molecule has 2 aromatic rings. The topological polar surface area (TPSA) is 32.3 Å². The predicted octanol–water partition coefficient (Wildman–Crippen LogP) is 3.49. The minimum atomic E-state index is -0.116. The van der Waals surface area contributed by atoms with Gasteiger partial charge in [-0.25, -0.2) is 0 Å². The maximum Gasteiger partial charge on any atom is 0.0745 e.